The second-order valence-corrected chi connectivity index (χ2v) is 4.19. The number of nitrogens with zero attached hydrogens (tertiary/aromatic N) is 2. The highest BCUT2D eigenvalue weighted by Crippen LogP contribution is 2.28. The minimum Gasteiger partial charge on any atom is -0.463 e. The number of hydrogen-bond donors (Lipinski definition) is 1. The highest BCUT2D eigenvalue weighted by molar-refractivity contribution is 5.73. The third kappa shape index (κ3) is 1.91. The lowest BCUT2D eigenvalue weighted by Crippen LogP contribution is -1.95. The van der Waals surface area contributed by atoms with Crippen LogP contribution in [-0.4, -0.2) is 9.97 Å². The van der Waals surface area contributed by atoms with Crippen molar-refractivity contribution in [2.24, 2.45) is 0 Å². The summed E-state index contributed by atoms with van der Waals surface area (Å²) in [6, 6.07) is 11.6. The average molecular weight is 249 g/mol. The van der Waals surface area contributed by atoms with Gasteiger partial charge in [-0.15, -0.1) is 0 Å². The molecule has 4 heteroatoms. The standard InChI is InChI=1S/C15H11N3O/c1-10-12(9-16)11(13-4-2-6-17-13)8-14(18-10)15-5-3-7-19-15/h2-8,17H,1H3. The molecule has 4 nitrogen and oxygen atoms in total. The van der Waals surface area contributed by atoms with E-state index in [0.29, 0.717) is 17.0 Å². The predicted molar refractivity (Wildman–Crippen MR) is 71.2 cm³/mol. The first-order valence-electron chi connectivity index (χ1n) is 5.89. The normalized spacial score (nSPS) is 10.3. The van der Waals surface area contributed by atoms with Gasteiger partial charge in [-0.05, 0) is 37.3 Å². The van der Waals surface area contributed by atoms with Crippen LogP contribution in [0.25, 0.3) is 22.7 Å². The van der Waals surface area contributed by atoms with E-state index in [1.165, 1.54) is 0 Å². The van der Waals surface area contributed by atoms with Crippen molar-refractivity contribution < 1.29 is 4.42 Å². The molecule has 0 saturated carbocycles. The van der Waals surface area contributed by atoms with Crippen LogP contribution in [0, 0.1) is 18.3 Å². The Morgan fingerprint density at radius 1 is 1.32 bits per heavy atom. The fraction of sp³-hybridized carbons (Fsp3) is 0.0667. The molecule has 0 bridgehead atoms. The fourth-order valence-corrected chi connectivity index (χ4v) is 2.07. The molecule has 3 heterocycles. The Morgan fingerprint density at radius 2 is 2.21 bits per heavy atom. The van der Waals surface area contributed by atoms with Crippen molar-refractivity contribution >= 4 is 0 Å². The first-order chi connectivity index (χ1) is 9.29. The first-order valence-corrected chi connectivity index (χ1v) is 5.89. The van der Waals surface area contributed by atoms with Gasteiger partial charge in [-0.2, -0.15) is 5.26 Å². The number of H-pyrrole nitrogens is 1. The number of rotatable bonds is 2. The van der Waals surface area contributed by atoms with E-state index in [9.17, 15) is 5.26 Å². The monoisotopic (exact) mass is 249 g/mol. The molecule has 3 rings (SSSR count). The van der Waals surface area contributed by atoms with Gasteiger partial charge in [-0.3, -0.25) is 0 Å². The van der Waals surface area contributed by atoms with E-state index < -0.39 is 0 Å². The molecule has 0 aliphatic rings. The molecular formula is C15H11N3O. The van der Waals surface area contributed by atoms with Gasteiger partial charge < -0.3 is 9.40 Å². The Bertz CT molecular complexity index is 735. The molecule has 0 aliphatic carbocycles. The van der Waals surface area contributed by atoms with Crippen molar-refractivity contribution in [3.8, 4) is 28.8 Å². The van der Waals surface area contributed by atoms with Crippen LogP contribution in [0.4, 0.5) is 0 Å². The van der Waals surface area contributed by atoms with Crippen molar-refractivity contribution in [2.75, 3.05) is 0 Å². The number of hydrogen-bond acceptors (Lipinski definition) is 3. The van der Waals surface area contributed by atoms with Crippen LogP contribution in [0.3, 0.4) is 0 Å². The summed E-state index contributed by atoms with van der Waals surface area (Å²) in [5, 5.41) is 9.29. The Labute approximate surface area is 110 Å². The highest BCUT2D eigenvalue weighted by Gasteiger charge is 2.14. The average Bonchev–Trinajstić information content (AvgIpc) is 3.11. The van der Waals surface area contributed by atoms with Crippen molar-refractivity contribution in [1.29, 1.82) is 5.26 Å². The van der Waals surface area contributed by atoms with Gasteiger partial charge in [0.25, 0.3) is 0 Å². The SMILES string of the molecule is Cc1nc(-c2ccco2)cc(-c2ccc[nH]2)c1C#N. The molecule has 0 amide bonds. The molecule has 19 heavy (non-hydrogen) atoms. The van der Waals surface area contributed by atoms with E-state index in [1.807, 2.05) is 43.5 Å². The third-order valence-corrected chi connectivity index (χ3v) is 2.97. The molecule has 0 aliphatic heterocycles. The predicted octanol–water partition coefficient (Wildman–Crippen LogP) is 3.52. The minimum atomic E-state index is 0.581. The molecule has 3 aromatic heterocycles. The molecule has 0 unspecified atom stereocenters. The van der Waals surface area contributed by atoms with Crippen LogP contribution in [0.1, 0.15) is 11.3 Å². The molecule has 0 saturated heterocycles. The topological polar surface area (TPSA) is 65.6 Å². The molecule has 0 radical (unpaired) electrons. The van der Waals surface area contributed by atoms with Gasteiger partial charge in [0.1, 0.15) is 11.8 Å². The van der Waals surface area contributed by atoms with E-state index in [4.69, 9.17) is 4.42 Å². The molecule has 0 aromatic carbocycles. The van der Waals surface area contributed by atoms with Gasteiger partial charge in [0, 0.05) is 17.5 Å². The van der Waals surface area contributed by atoms with E-state index in [2.05, 4.69) is 16.0 Å². The first kappa shape index (κ1) is 11.3. The van der Waals surface area contributed by atoms with Crippen LogP contribution in [0.5, 0.6) is 0 Å². The Balaban J connectivity index is 2.25. The van der Waals surface area contributed by atoms with E-state index in [0.717, 1.165) is 17.0 Å². The molecule has 3 aromatic rings. The van der Waals surface area contributed by atoms with Crippen LogP contribution >= 0.6 is 0 Å². The number of pyridine rings is 1. The Kier molecular flexibility index (Phi) is 2.66. The summed E-state index contributed by atoms with van der Waals surface area (Å²) in [4.78, 5) is 7.55. The van der Waals surface area contributed by atoms with E-state index in [-0.39, 0.29) is 0 Å². The van der Waals surface area contributed by atoms with Gasteiger partial charge in [0.15, 0.2) is 5.76 Å². The van der Waals surface area contributed by atoms with Crippen molar-refractivity contribution in [2.45, 2.75) is 6.92 Å². The fourth-order valence-electron chi connectivity index (χ4n) is 2.07. The van der Waals surface area contributed by atoms with Gasteiger partial charge in [-0.25, -0.2) is 4.98 Å². The molecule has 92 valence electrons. The molecular weight excluding hydrogens is 238 g/mol. The summed E-state index contributed by atoms with van der Waals surface area (Å²) in [5.74, 6) is 0.695. The van der Waals surface area contributed by atoms with Crippen LogP contribution in [-0.2, 0) is 0 Å². The second kappa shape index (κ2) is 4.46. The zero-order valence-corrected chi connectivity index (χ0v) is 10.3. The number of aromatic nitrogens is 2. The van der Waals surface area contributed by atoms with Gasteiger partial charge >= 0.3 is 0 Å². The second-order valence-electron chi connectivity index (χ2n) is 4.19. The van der Waals surface area contributed by atoms with E-state index in [1.54, 1.807) is 6.26 Å². The number of furan rings is 1. The van der Waals surface area contributed by atoms with Gasteiger partial charge in [-0.1, -0.05) is 0 Å². The summed E-state index contributed by atoms with van der Waals surface area (Å²) in [6.45, 7) is 1.83. The molecule has 0 fully saturated rings. The molecule has 1 N–H and O–H groups in total. The van der Waals surface area contributed by atoms with Crippen molar-refractivity contribution in [3.63, 3.8) is 0 Å². The number of aromatic amines is 1. The largest absolute Gasteiger partial charge is 0.463 e. The lowest BCUT2D eigenvalue weighted by Gasteiger charge is -2.07. The zero-order chi connectivity index (χ0) is 13.2. The quantitative estimate of drug-likeness (QED) is 0.755. The summed E-state index contributed by atoms with van der Waals surface area (Å²) in [6.07, 6.45) is 3.44. The summed E-state index contributed by atoms with van der Waals surface area (Å²) >= 11 is 0. The molecule has 0 spiro atoms. The van der Waals surface area contributed by atoms with E-state index >= 15 is 0 Å². The highest BCUT2D eigenvalue weighted by atomic mass is 16.3. The Morgan fingerprint density at radius 3 is 2.84 bits per heavy atom. The lowest BCUT2D eigenvalue weighted by atomic mass is 10.0. The van der Waals surface area contributed by atoms with Crippen molar-refractivity contribution in [3.05, 3.63) is 54.0 Å². The van der Waals surface area contributed by atoms with Crippen LogP contribution in [0.15, 0.2) is 47.2 Å². The minimum absolute atomic E-state index is 0.581. The van der Waals surface area contributed by atoms with Crippen LogP contribution in [0.2, 0.25) is 0 Å². The third-order valence-electron chi connectivity index (χ3n) is 2.97. The zero-order valence-electron chi connectivity index (χ0n) is 10.3. The Hall–Kier alpha value is -2.80. The maximum absolute atomic E-state index is 9.29. The van der Waals surface area contributed by atoms with Gasteiger partial charge in [0.2, 0.25) is 0 Å². The molecule has 0 atom stereocenters. The maximum Gasteiger partial charge on any atom is 0.152 e. The van der Waals surface area contributed by atoms with Gasteiger partial charge in [0.05, 0.1) is 17.5 Å². The summed E-state index contributed by atoms with van der Waals surface area (Å²) < 4.78 is 5.36. The number of nitriles is 1. The number of nitrogens with one attached hydrogen (secondary N) is 1. The van der Waals surface area contributed by atoms with Crippen molar-refractivity contribution in [1.82, 2.24) is 9.97 Å². The smallest absolute Gasteiger partial charge is 0.152 e. The number of aryl methyl sites for hydroxylation is 1. The summed E-state index contributed by atoms with van der Waals surface area (Å²) in [5.41, 5.74) is 3.74. The summed E-state index contributed by atoms with van der Waals surface area (Å²) in [7, 11) is 0. The maximum atomic E-state index is 9.29. The van der Waals surface area contributed by atoms with Crippen LogP contribution < -0.4 is 0 Å². The lowest BCUT2D eigenvalue weighted by molar-refractivity contribution is 0.580.